The van der Waals surface area contributed by atoms with Crippen LogP contribution < -0.4 is 0 Å². The number of nitrogens with zero attached hydrogens (tertiary/aromatic N) is 2. The minimum absolute atomic E-state index is 0.337. The molecule has 0 fully saturated rings. The van der Waals surface area contributed by atoms with Gasteiger partial charge in [0, 0.05) is 11.8 Å². The van der Waals surface area contributed by atoms with Gasteiger partial charge >= 0.3 is 0 Å². The summed E-state index contributed by atoms with van der Waals surface area (Å²) in [6.07, 6.45) is 0.444. The van der Waals surface area contributed by atoms with E-state index in [-0.39, 0.29) is 12.4 Å². The highest BCUT2D eigenvalue weighted by atomic mass is 19.3. The molecule has 0 saturated carbocycles. The van der Waals surface area contributed by atoms with Gasteiger partial charge in [-0.2, -0.15) is 0 Å². The third kappa shape index (κ3) is 2.42. The first-order valence-corrected chi connectivity index (χ1v) is 4.71. The number of imidazole rings is 1. The van der Waals surface area contributed by atoms with Crippen molar-refractivity contribution in [1.82, 2.24) is 9.55 Å². The van der Waals surface area contributed by atoms with E-state index in [9.17, 15) is 13.2 Å². The number of hydrogen-bond donors (Lipinski definition) is 0. The molecular formula is C11H9F3N2. The summed E-state index contributed by atoms with van der Waals surface area (Å²) in [5.41, 5.74) is 1.26. The molecule has 0 N–H and O–H groups in total. The number of aromatic nitrogens is 2. The Morgan fingerprint density at radius 3 is 2.50 bits per heavy atom. The van der Waals surface area contributed by atoms with E-state index in [1.54, 1.807) is 12.1 Å². The molecule has 2 nitrogen and oxygen atoms in total. The van der Waals surface area contributed by atoms with E-state index in [0.29, 0.717) is 11.3 Å². The van der Waals surface area contributed by atoms with Crippen LogP contribution in [0.4, 0.5) is 13.2 Å². The SMILES string of the molecule is Fc1ccc(-c2cn(CC(F)F)cn2)cc1. The second-order valence-corrected chi connectivity index (χ2v) is 3.35. The van der Waals surface area contributed by atoms with Crippen molar-refractivity contribution in [3.05, 3.63) is 42.6 Å². The monoisotopic (exact) mass is 226 g/mol. The molecule has 0 unspecified atom stereocenters. The number of benzene rings is 1. The molecule has 0 amide bonds. The quantitative estimate of drug-likeness (QED) is 0.786. The van der Waals surface area contributed by atoms with Gasteiger partial charge in [-0.15, -0.1) is 0 Å². The van der Waals surface area contributed by atoms with Crippen molar-refractivity contribution < 1.29 is 13.2 Å². The molecule has 5 heteroatoms. The molecule has 0 radical (unpaired) electrons. The van der Waals surface area contributed by atoms with E-state index in [2.05, 4.69) is 4.98 Å². The summed E-state index contributed by atoms with van der Waals surface area (Å²) in [5.74, 6) is -0.337. The van der Waals surface area contributed by atoms with Crippen LogP contribution in [0.1, 0.15) is 0 Å². The lowest BCUT2D eigenvalue weighted by molar-refractivity contribution is 0.126. The molecule has 1 aromatic carbocycles. The fourth-order valence-electron chi connectivity index (χ4n) is 1.39. The highest BCUT2D eigenvalue weighted by Gasteiger charge is 2.06. The summed E-state index contributed by atoms with van der Waals surface area (Å²) >= 11 is 0. The molecule has 16 heavy (non-hydrogen) atoms. The predicted molar refractivity (Wildman–Crippen MR) is 53.6 cm³/mol. The van der Waals surface area contributed by atoms with Crippen molar-refractivity contribution in [3.63, 3.8) is 0 Å². The van der Waals surface area contributed by atoms with E-state index in [0.717, 1.165) is 0 Å². The van der Waals surface area contributed by atoms with Gasteiger partial charge in [0.05, 0.1) is 18.6 Å². The summed E-state index contributed by atoms with van der Waals surface area (Å²) in [4.78, 5) is 3.98. The van der Waals surface area contributed by atoms with Gasteiger partial charge in [0.25, 0.3) is 6.43 Å². The lowest BCUT2D eigenvalue weighted by Gasteiger charge is -1.99. The second kappa shape index (κ2) is 4.38. The summed E-state index contributed by atoms with van der Waals surface area (Å²) in [7, 11) is 0. The highest BCUT2D eigenvalue weighted by Crippen LogP contribution is 2.17. The van der Waals surface area contributed by atoms with Crippen LogP contribution in [0.15, 0.2) is 36.8 Å². The number of alkyl halides is 2. The molecule has 0 spiro atoms. The van der Waals surface area contributed by atoms with Crippen LogP contribution in [0.3, 0.4) is 0 Å². The Kier molecular flexibility index (Phi) is 2.94. The normalized spacial score (nSPS) is 11.0. The molecular weight excluding hydrogens is 217 g/mol. The zero-order valence-electron chi connectivity index (χ0n) is 8.28. The maximum atomic E-state index is 12.7. The maximum absolute atomic E-state index is 12.7. The van der Waals surface area contributed by atoms with Crippen LogP contribution in [0.5, 0.6) is 0 Å². The maximum Gasteiger partial charge on any atom is 0.256 e. The first kappa shape index (κ1) is 10.7. The van der Waals surface area contributed by atoms with E-state index < -0.39 is 6.43 Å². The summed E-state index contributed by atoms with van der Waals surface area (Å²) in [6.45, 7) is -0.381. The fraction of sp³-hybridized carbons (Fsp3) is 0.182. The molecule has 0 saturated heterocycles. The van der Waals surface area contributed by atoms with Crippen LogP contribution in [0.25, 0.3) is 11.3 Å². The lowest BCUT2D eigenvalue weighted by Crippen LogP contribution is -2.03. The van der Waals surface area contributed by atoms with Crippen molar-refractivity contribution >= 4 is 0 Å². The Balaban J connectivity index is 2.21. The fourth-order valence-corrected chi connectivity index (χ4v) is 1.39. The molecule has 1 aromatic heterocycles. The third-order valence-corrected chi connectivity index (χ3v) is 2.12. The van der Waals surface area contributed by atoms with Gasteiger partial charge in [-0.05, 0) is 24.3 Å². The number of halogens is 3. The molecule has 2 aromatic rings. The summed E-state index contributed by atoms with van der Waals surface area (Å²) in [6, 6.07) is 5.73. The molecule has 0 aliphatic rings. The van der Waals surface area contributed by atoms with Crippen LogP contribution in [-0.2, 0) is 6.54 Å². The van der Waals surface area contributed by atoms with E-state index >= 15 is 0 Å². The average molecular weight is 226 g/mol. The molecule has 84 valence electrons. The van der Waals surface area contributed by atoms with Crippen LogP contribution in [0, 0.1) is 5.82 Å². The van der Waals surface area contributed by atoms with Crippen LogP contribution >= 0.6 is 0 Å². The Bertz CT molecular complexity index is 462. The first-order chi connectivity index (χ1) is 7.65. The van der Waals surface area contributed by atoms with Gasteiger partial charge in [-0.3, -0.25) is 0 Å². The number of hydrogen-bond acceptors (Lipinski definition) is 1. The van der Waals surface area contributed by atoms with Crippen LogP contribution in [-0.4, -0.2) is 16.0 Å². The smallest absolute Gasteiger partial charge is 0.256 e. The Morgan fingerprint density at radius 2 is 1.88 bits per heavy atom. The van der Waals surface area contributed by atoms with Crippen molar-refractivity contribution in [3.8, 4) is 11.3 Å². The predicted octanol–water partition coefficient (Wildman–Crippen LogP) is 2.95. The largest absolute Gasteiger partial charge is 0.331 e. The molecule has 0 aliphatic heterocycles. The molecule has 0 aliphatic carbocycles. The van der Waals surface area contributed by atoms with E-state index in [1.165, 1.54) is 29.2 Å². The summed E-state index contributed by atoms with van der Waals surface area (Å²) < 4.78 is 38.1. The number of rotatable bonds is 3. The molecule has 1 heterocycles. The van der Waals surface area contributed by atoms with Crippen molar-refractivity contribution in [2.45, 2.75) is 13.0 Å². The second-order valence-electron chi connectivity index (χ2n) is 3.35. The highest BCUT2D eigenvalue weighted by molar-refractivity contribution is 5.57. The van der Waals surface area contributed by atoms with E-state index in [1.807, 2.05) is 0 Å². The molecule has 2 rings (SSSR count). The van der Waals surface area contributed by atoms with E-state index in [4.69, 9.17) is 0 Å². The minimum Gasteiger partial charge on any atom is -0.331 e. The molecule has 0 bridgehead atoms. The lowest BCUT2D eigenvalue weighted by atomic mass is 10.2. The molecule has 0 atom stereocenters. The van der Waals surface area contributed by atoms with Gasteiger partial charge in [0.2, 0.25) is 0 Å². The summed E-state index contributed by atoms with van der Waals surface area (Å²) in [5, 5.41) is 0. The van der Waals surface area contributed by atoms with Gasteiger partial charge in [0.1, 0.15) is 5.82 Å². The Hall–Kier alpha value is -1.78. The zero-order valence-corrected chi connectivity index (χ0v) is 8.28. The zero-order chi connectivity index (χ0) is 11.5. The topological polar surface area (TPSA) is 17.8 Å². The Labute approximate surface area is 90.4 Å². The average Bonchev–Trinajstić information content (AvgIpc) is 2.66. The van der Waals surface area contributed by atoms with Crippen molar-refractivity contribution in [2.75, 3.05) is 0 Å². The van der Waals surface area contributed by atoms with Gasteiger partial charge in [0.15, 0.2) is 0 Å². The minimum atomic E-state index is -2.41. The third-order valence-electron chi connectivity index (χ3n) is 2.12. The standard InChI is InChI=1S/C11H9F3N2/c12-9-3-1-8(2-4-9)10-5-16(7-15-10)6-11(13)14/h1-5,7,11H,6H2. The van der Waals surface area contributed by atoms with Gasteiger partial charge in [-0.1, -0.05) is 0 Å². The van der Waals surface area contributed by atoms with Crippen LogP contribution in [0.2, 0.25) is 0 Å². The van der Waals surface area contributed by atoms with Gasteiger partial charge in [-0.25, -0.2) is 18.2 Å². The van der Waals surface area contributed by atoms with Crippen molar-refractivity contribution in [2.24, 2.45) is 0 Å². The van der Waals surface area contributed by atoms with Crippen molar-refractivity contribution in [1.29, 1.82) is 0 Å². The van der Waals surface area contributed by atoms with Gasteiger partial charge < -0.3 is 4.57 Å². The Morgan fingerprint density at radius 1 is 1.19 bits per heavy atom. The first-order valence-electron chi connectivity index (χ1n) is 4.71.